The fourth-order valence-electron chi connectivity index (χ4n) is 5.57. The van der Waals surface area contributed by atoms with Crippen molar-refractivity contribution in [2.75, 3.05) is 0 Å². The van der Waals surface area contributed by atoms with Crippen LogP contribution in [0.5, 0.6) is 0 Å². The molecule has 3 aromatic heterocycles. The van der Waals surface area contributed by atoms with Crippen molar-refractivity contribution in [3.63, 3.8) is 0 Å². The van der Waals surface area contributed by atoms with Gasteiger partial charge in [0.05, 0.1) is 16.4 Å². The largest absolute Gasteiger partial charge is 0.293 e. The maximum atomic E-state index is 5.21. The summed E-state index contributed by atoms with van der Waals surface area (Å²) in [6.07, 6.45) is 1.79. The Labute approximate surface area is 224 Å². The van der Waals surface area contributed by atoms with Gasteiger partial charge in [-0.25, -0.2) is 15.0 Å². The SMILES string of the molecule is c1ccc(-c2ccc(-c3nc(-n4c5ccccc5c5cc6ccccc6cc54)c4cccnc4n3)cc2)cc1. The Morgan fingerprint density at radius 3 is 1.97 bits per heavy atom. The number of pyridine rings is 1. The third-order valence-electron chi connectivity index (χ3n) is 7.45. The smallest absolute Gasteiger partial charge is 0.165 e. The van der Waals surface area contributed by atoms with E-state index in [0.717, 1.165) is 33.4 Å². The summed E-state index contributed by atoms with van der Waals surface area (Å²) in [6, 6.07) is 44.4. The van der Waals surface area contributed by atoms with Crippen LogP contribution in [0.4, 0.5) is 0 Å². The maximum absolute atomic E-state index is 5.21. The van der Waals surface area contributed by atoms with Crippen molar-refractivity contribution in [3.05, 3.63) is 134 Å². The van der Waals surface area contributed by atoms with Gasteiger partial charge in [-0.3, -0.25) is 4.57 Å². The van der Waals surface area contributed by atoms with E-state index in [-0.39, 0.29) is 0 Å². The molecule has 0 unspecified atom stereocenters. The van der Waals surface area contributed by atoms with Gasteiger partial charge in [0, 0.05) is 22.5 Å². The number of para-hydroxylation sites is 1. The van der Waals surface area contributed by atoms with E-state index in [1.165, 1.54) is 27.1 Å². The first-order valence-corrected chi connectivity index (χ1v) is 13.0. The predicted octanol–water partition coefficient (Wildman–Crippen LogP) is 8.61. The molecular weight excluding hydrogens is 476 g/mol. The van der Waals surface area contributed by atoms with Gasteiger partial charge in [-0.05, 0) is 52.2 Å². The summed E-state index contributed by atoms with van der Waals surface area (Å²) in [5, 5.41) is 5.73. The van der Waals surface area contributed by atoms with Gasteiger partial charge in [0.15, 0.2) is 17.3 Å². The van der Waals surface area contributed by atoms with E-state index in [0.29, 0.717) is 11.5 Å². The predicted molar refractivity (Wildman–Crippen MR) is 160 cm³/mol. The lowest BCUT2D eigenvalue weighted by Crippen LogP contribution is -2.03. The van der Waals surface area contributed by atoms with Crippen molar-refractivity contribution in [1.82, 2.24) is 19.5 Å². The highest BCUT2D eigenvalue weighted by molar-refractivity contribution is 6.14. The first-order chi connectivity index (χ1) is 19.3. The van der Waals surface area contributed by atoms with Crippen LogP contribution in [-0.4, -0.2) is 19.5 Å². The molecule has 0 aliphatic heterocycles. The monoisotopic (exact) mass is 498 g/mol. The van der Waals surface area contributed by atoms with Crippen LogP contribution < -0.4 is 0 Å². The highest BCUT2D eigenvalue weighted by atomic mass is 15.1. The van der Waals surface area contributed by atoms with Gasteiger partial charge in [0.1, 0.15) is 0 Å². The second-order valence-electron chi connectivity index (χ2n) is 9.76. The molecule has 0 aliphatic rings. The third-order valence-corrected chi connectivity index (χ3v) is 7.45. The molecule has 0 saturated carbocycles. The van der Waals surface area contributed by atoms with E-state index < -0.39 is 0 Å². The van der Waals surface area contributed by atoms with E-state index in [4.69, 9.17) is 9.97 Å². The summed E-state index contributed by atoms with van der Waals surface area (Å²) in [4.78, 5) is 14.7. The summed E-state index contributed by atoms with van der Waals surface area (Å²) in [6.45, 7) is 0. The lowest BCUT2D eigenvalue weighted by Gasteiger charge is -2.12. The average molecular weight is 499 g/mol. The number of benzene rings is 5. The van der Waals surface area contributed by atoms with Gasteiger partial charge < -0.3 is 0 Å². The lowest BCUT2D eigenvalue weighted by molar-refractivity contribution is 1.07. The molecule has 0 saturated heterocycles. The number of rotatable bonds is 3. The van der Waals surface area contributed by atoms with E-state index in [9.17, 15) is 0 Å². The molecule has 0 spiro atoms. The van der Waals surface area contributed by atoms with Crippen LogP contribution in [0.15, 0.2) is 134 Å². The zero-order valence-electron chi connectivity index (χ0n) is 21.0. The first kappa shape index (κ1) is 21.7. The molecule has 0 atom stereocenters. The van der Waals surface area contributed by atoms with Crippen molar-refractivity contribution < 1.29 is 0 Å². The third kappa shape index (κ3) is 3.50. The second kappa shape index (κ2) is 8.61. The van der Waals surface area contributed by atoms with Crippen LogP contribution in [0.3, 0.4) is 0 Å². The second-order valence-corrected chi connectivity index (χ2v) is 9.76. The summed E-state index contributed by atoms with van der Waals surface area (Å²) < 4.78 is 2.27. The lowest BCUT2D eigenvalue weighted by atomic mass is 10.0. The molecule has 0 amide bonds. The molecule has 4 heteroatoms. The van der Waals surface area contributed by atoms with Crippen LogP contribution in [-0.2, 0) is 0 Å². The number of hydrogen-bond acceptors (Lipinski definition) is 3. The Hall–Kier alpha value is -5.35. The van der Waals surface area contributed by atoms with E-state index in [2.05, 4.69) is 125 Å². The van der Waals surface area contributed by atoms with Gasteiger partial charge >= 0.3 is 0 Å². The topological polar surface area (TPSA) is 43.6 Å². The molecule has 0 radical (unpaired) electrons. The van der Waals surface area contributed by atoms with Crippen molar-refractivity contribution in [1.29, 1.82) is 0 Å². The molecule has 8 rings (SSSR count). The van der Waals surface area contributed by atoms with Gasteiger partial charge in [0.25, 0.3) is 0 Å². The minimum Gasteiger partial charge on any atom is -0.293 e. The van der Waals surface area contributed by atoms with Gasteiger partial charge in [-0.1, -0.05) is 97.1 Å². The van der Waals surface area contributed by atoms with Crippen LogP contribution in [0.1, 0.15) is 0 Å². The molecule has 182 valence electrons. The molecule has 0 fully saturated rings. The summed E-state index contributed by atoms with van der Waals surface area (Å²) in [5.74, 6) is 1.49. The molecule has 4 nitrogen and oxygen atoms in total. The van der Waals surface area contributed by atoms with Crippen molar-refractivity contribution in [3.8, 4) is 28.3 Å². The Balaban J connectivity index is 1.40. The zero-order valence-corrected chi connectivity index (χ0v) is 21.0. The van der Waals surface area contributed by atoms with E-state index >= 15 is 0 Å². The molecule has 0 N–H and O–H groups in total. The number of nitrogens with zero attached hydrogens (tertiary/aromatic N) is 4. The van der Waals surface area contributed by atoms with Crippen LogP contribution in [0.2, 0.25) is 0 Å². The van der Waals surface area contributed by atoms with Crippen LogP contribution in [0.25, 0.3) is 71.9 Å². The molecule has 3 heterocycles. The Morgan fingerprint density at radius 1 is 0.462 bits per heavy atom. The van der Waals surface area contributed by atoms with Gasteiger partial charge in [-0.2, -0.15) is 0 Å². The fraction of sp³-hybridized carbons (Fsp3) is 0. The summed E-state index contributed by atoms with van der Waals surface area (Å²) in [7, 11) is 0. The molecule has 0 bridgehead atoms. The Bertz CT molecular complexity index is 2160. The van der Waals surface area contributed by atoms with E-state index in [1.54, 1.807) is 6.20 Å². The van der Waals surface area contributed by atoms with Crippen LogP contribution in [0, 0.1) is 0 Å². The highest BCUT2D eigenvalue weighted by Crippen LogP contribution is 2.36. The quantitative estimate of drug-likeness (QED) is 0.245. The molecule has 8 aromatic rings. The molecule has 5 aromatic carbocycles. The molecule has 0 aliphatic carbocycles. The fourth-order valence-corrected chi connectivity index (χ4v) is 5.57. The Morgan fingerprint density at radius 2 is 1.13 bits per heavy atom. The minimum absolute atomic E-state index is 0.655. The first-order valence-electron chi connectivity index (χ1n) is 13.0. The maximum Gasteiger partial charge on any atom is 0.165 e. The zero-order chi connectivity index (χ0) is 25.8. The average Bonchev–Trinajstić information content (AvgIpc) is 3.33. The Kier molecular flexibility index (Phi) is 4.79. The van der Waals surface area contributed by atoms with Crippen molar-refractivity contribution in [2.24, 2.45) is 0 Å². The number of aromatic nitrogens is 4. The number of hydrogen-bond donors (Lipinski definition) is 0. The van der Waals surface area contributed by atoms with Gasteiger partial charge in [0.2, 0.25) is 0 Å². The van der Waals surface area contributed by atoms with Crippen LogP contribution >= 0.6 is 0 Å². The van der Waals surface area contributed by atoms with Crippen molar-refractivity contribution in [2.45, 2.75) is 0 Å². The minimum atomic E-state index is 0.655. The standard InChI is InChI=1S/C35H22N4/c1-2-9-23(10-3-1)24-16-18-25(19-17-24)33-37-34-29(14-8-20-36-34)35(38-33)39-31-15-7-6-13-28(31)30-21-26-11-4-5-12-27(26)22-32(30)39/h1-22H. The molecule has 39 heavy (non-hydrogen) atoms. The summed E-state index contributed by atoms with van der Waals surface area (Å²) >= 11 is 0. The highest BCUT2D eigenvalue weighted by Gasteiger charge is 2.18. The normalized spacial score (nSPS) is 11.6. The van der Waals surface area contributed by atoms with Crippen molar-refractivity contribution >= 4 is 43.6 Å². The summed E-state index contributed by atoms with van der Waals surface area (Å²) in [5.41, 5.74) is 6.20. The number of fused-ring (bicyclic) bond motifs is 5. The van der Waals surface area contributed by atoms with E-state index in [1.807, 2.05) is 12.1 Å². The molecular formula is C35H22N4. The van der Waals surface area contributed by atoms with Gasteiger partial charge in [-0.15, -0.1) is 0 Å².